The Kier molecular flexibility index (Phi) is 6.11. The van der Waals surface area contributed by atoms with E-state index in [1.54, 1.807) is 11.1 Å². The molecule has 1 aromatic heterocycles. The first kappa shape index (κ1) is 26.4. The van der Waals surface area contributed by atoms with Gasteiger partial charge in [-0.3, -0.25) is 4.98 Å². The average molecular weight is 504 g/mol. The summed E-state index contributed by atoms with van der Waals surface area (Å²) in [6.07, 6.45) is 19.4. The lowest BCUT2D eigenvalue weighted by Crippen LogP contribution is -2.65. The van der Waals surface area contributed by atoms with E-state index >= 15 is 0 Å². The van der Waals surface area contributed by atoms with Crippen LogP contribution in [0.1, 0.15) is 154 Å². The molecule has 8 atom stereocenters. The zero-order valence-electron chi connectivity index (χ0n) is 25.7. The summed E-state index contributed by atoms with van der Waals surface area (Å²) >= 11 is 0. The van der Waals surface area contributed by atoms with Crippen molar-refractivity contribution < 1.29 is 0 Å². The summed E-state index contributed by atoms with van der Waals surface area (Å²) in [7, 11) is 0. The fourth-order valence-electron chi connectivity index (χ4n) is 12.8. The molecular formula is C36H57N. The van der Waals surface area contributed by atoms with Gasteiger partial charge in [-0.25, -0.2) is 0 Å². The third-order valence-electron chi connectivity index (χ3n) is 14.5. The first-order valence-corrected chi connectivity index (χ1v) is 16.4. The summed E-state index contributed by atoms with van der Waals surface area (Å²) < 4.78 is 0. The molecule has 0 N–H and O–H groups in total. The van der Waals surface area contributed by atoms with E-state index in [1.165, 1.54) is 101 Å². The molecule has 4 fully saturated rings. The molecule has 1 nitrogen and oxygen atoms in total. The van der Waals surface area contributed by atoms with E-state index in [0.29, 0.717) is 27.1 Å². The minimum atomic E-state index is 0.396. The van der Waals surface area contributed by atoms with Crippen LogP contribution in [0.2, 0.25) is 0 Å². The van der Waals surface area contributed by atoms with E-state index in [2.05, 4.69) is 61.5 Å². The van der Waals surface area contributed by atoms with Crippen molar-refractivity contribution in [3.8, 4) is 0 Å². The smallest absolute Gasteiger partial charge is 0.0450 e. The summed E-state index contributed by atoms with van der Waals surface area (Å²) in [4.78, 5) is 5.40. The SMILES string of the molecule is CCCCCc1cc(C)c2c(n1)C[C@@]1(C)C2CC[C@]2(C)C1CCC1[C@@]3(C)CCCC(C)(C)C3CC[C@]12C. The third-order valence-corrected chi connectivity index (χ3v) is 14.5. The monoisotopic (exact) mass is 503 g/mol. The van der Waals surface area contributed by atoms with Crippen LogP contribution in [0.15, 0.2) is 6.07 Å². The average Bonchev–Trinajstić information content (AvgIpc) is 3.11. The zero-order chi connectivity index (χ0) is 26.4. The number of unbranched alkanes of at least 4 members (excludes halogenated alkanes) is 2. The number of aryl methyl sites for hydroxylation is 2. The highest BCUT2D eigenvalue weighted by Gasteiger charge is 2.70. The van der Waals surface area contributed by atoms with Crippen LogP contribution in [-0.4, -0.2) is 4.98 Å². The van der Waals surface area contributed by atoms with Gasteiger partial charge in [0.15, 0.2) is 0 Å². The Labute approximate surface area is 229 Å². The molecule has 0 aromatic carbocycles. The summed E-state index contributed by atoms with van der Waals surface area (Å²) in [5.41, 5.74) is 8.55. The van der Waals surface area contributed by atoms with Gasteiger partial charge >= 0.3 is 0 Å². The molecule has 5 aliphatic rings. The number of hydrogen-bond acceptors (Lipinski definition) is 1. The van der Waals surface area contributed by atoms with Gasteiger partial charge in [-0.15, -0.1) is 0 Å². The first-order chi connectivity index (χ1) is 17.4. The summed E-state index contributed by atoms with van der Waals surface area (Å²) in [5.74, 6) is 3.41. The van der Waals surface area contributed by atoms with Gasteiger partial charge in [0.1, 0.15) is 0 Å². The van der Waals surface area contributed by atoms with Crippen LogP contribution in [0.25, 0.3) is 0 Å². The molecule has 6 rings (SSSR count). The van der Waals surface area contributed by atoms with Crippen LogP contribution >= 0.6 is 0 Å². The summed E-state index contributed by atoms with van der Waals surface area (Å²) in [6, 6.07) is 2.47. The van der Waals surface area contributed by atoms with Crippen molar-refractivity contribution in [3.63, 3.8) is 0 Å². The molecule has 0 saturated heterocycles. The zero-order valence-corrected chi connectivity index (χ0v) is 25.7. The normalized spacial score (nSPS) is 45.8. The van der Waals surface area contributed by atoms with Gasteiger partial charge < -0.3 is 0 Å². The molecule has 0 spiro atoms. The van der Waals surface area contributed by atoms with Crippen molar-refractivity contribution in [2.75, 3.05) is 0 Å². The fraction of sp³-hybridized carbons (Fsp3) is 0.861. The van der Waals surface area contributed by atoms with Gasteiger partial charge in [0.2, 0.25) is 0 Å². The molecule has 37 heavy (non-hydrogen) atoms. The molecule has 206 valence electrons. The van der Waals surface area contributed by atoms with E-state index in [-0.39, 0.29) is 0 Å². The van der Waals surface area contributed by atoms with E-state index in [1.807, 2.05) is 0 Å². The predicted molar refractivity (Wildman–Crippen MR) is 157 cm³/mol. The van der Waals surface area contributed by atoms with Crippen LogP contribution in [0.5, 0.6) is 0 Å². The van der Waals surface area contributed by atoms with Crippen LogP contribution in [0.3, 0.4) is 0 Å². The summed E-state index contributed by atoms with van der Waals surface area (Å²) in [5, 5.41) is 0. The van der Waals surface area contributed by atoms with E-state index in [9.17, 15) is 0 Å². The Morgan fingerprint density at radius 1 is 0.784 bits per heavy atom. The van der Waals surface area contributed by atoms with Gasteiger partial charge in [0.05, 0.1) is 0 Å². The van der Waals surface area contributed by atoms with Gasteiger partial charge in [0, 0.05) is 11.4 Å². The van der Waals surface area contributed by atoms with Crippen LogP contribution in [-0.2, 0) is 12.8 Å². The van der Waals surface area contributed by atoms with Gasteiger partial charge in [-0.2, -0.15) is 0 Å². The quantitative estimate of drug-likeness (QED) is 0.372. The lowest BCUT2D eigenvalue weighted by molar-refractivity contribution is -0.235. The topological polar surface area (TPSA) is 12.9 Å². The Bertz CT molecular complexity index is 1050. The minimum absolute atomic E-state index is 0.396. The van der Waals surface area contributed by atoms with Crippen molar-refractivity contribution in [1.29, 1.82) is 0 Å². The van der Waals surface area contributed by atoms with Crippen molar-refractivity contribution in [3.05, 3.63) is 28.6 Å². The molecule has 0 bridgehead atoms. The van der Waals surface area contributed by atoms with Gasteiger partial charge in [0.25, 0.3) is 0 Å². The Morgan fingerprint density at radius 3 is 2.16 bits per heavy atom. The highest BCUT2D eigenvalue weighted by Crippen LogP contribution is 2.77. The van der Waals surface area contributed by atoms with Crippen molar-refractivity contribution in [2.45, 2.75) is 151 Å². The minimum Gasteiger partial charge on any atom is -0.258 e. The number of nitrogens with zero attached hydrogens (tertiary/aromatic N) is 1. The van der Waals surface area contributed by atoms with Gasteiger partial charge in [-0.1, -0.05) is 67.7 Å². The molecule has 1 heterocycles. The molecule has 0 amide bonds. The third kappa shape index (κ3) is 3.49. The van der Waals surface area contributed by atoms with E-state index < -0.39 is 0 Å². The molecular weight excluding hydrogens is 446 g/mol. The van der Waals surface area contributed by atoms with Crippen LogP contribution < -0.4 is 0 Å². The molecule has 0 radical (unpaired) electrons. The second-order valence-corrected chi connectivity index (χ2v) is 16.5. The number of pyridine rings is 1. The number of aromatic nitrogens is 1. The molecule has 0 aliphatic heterocycles. The van der Waals surface area contributed by atoms with Crippen molar-refractivity contribution in [2.24, 2.45) is 44.8 Å². The Balaban J connectivity index is 1.34. The van der Waals surface area contributed by atoms with Crippen molar-refractivity contribution >= 4 is 0 Å². The van der Waals surface area contributed by atoms with Crippen LogP contribution in [0.4, 0.5) is 0 Å². The molecule has 1 aromatic rings. The van der Waals surface area contributed by atoms with E-state index in [4.69, 9.17) is 4.98 Å². The van der Waals surface area contributed by atoms with Crippen LogP contribution in [0, 0.1) is 51.8 Å². The van der Waals surface area contributed by atoms with E-state index in [0.717, 1.165) is 23.7 Å². The summed E-state index contributed by atoms with van der Waals surface area (Å²) in [6.45, 7) is 21.0. The Morgan fingerprint density at radius 2 is 1.46 bits per heavy atom. The molecule has 4 saturated carbocycles. The number of hydrogen-bond donors (Lipinski definition) is 0. The lowest BCUT2D eigenvalue weighted by atomic mass is 9.32. The maximum Gasteiger partial charge on any atom is 0.0450 e. The fourth-order valence-corrected chi connectivity index (χ4v) is 12.8. The standard InChI is InChI=1S/C36H57N/c1-9-10-11-13-25-22-24(2)31-26-16-20-35(7)30(34(26,6)23-27(31)37-25)15-14-29-33(5)19-12-18-32(3,4)28(33)17-21-36(29,35)8/h22,26,28-30H,9-21,23H2,1-8H3/t26?,28?,29?,30?,33-,34-,35+,36+/m0/s1. The lowest BCUT2D eigenvalue weighted by Gasteiger charge is -2.73. The highest BCUT2D eigenvalue weighted by molar-refractivity contribution is 5.43. The first-order valence-electron chi connectivity index (χ1n) is 16.4. The molecule has 5 aliphatic carbocycles. The Hall–Kier alpha value is -0.850. The number of rotatable bonds is 4. The molecule has 1 heteroatoms. The second kappa shape index (κ2) is 8.57. The van der Waals surface area contributed by atoms with Crippen molar-refractivity contribution in [1.82, 2.24) is 4.98 Å². The highest BCUT2D eigenvalue weighted by atomic mass is 14.8. The number of fused-ring (bicyclic) bond motifs is 9. The molecule has 4 unspecified atom stereocenters. The largest absolute Gasteiger partial charge is 0.258 e. The predicted octanol–water partition coefficient (Wildman–Crippen LogP) is 10.2. The maximum atomic E-state index is 5.40. The maximum absolute atomic E-state index is 5.40. The second-order valence-electron chi connectivity index (χ2n) is 16.5. The van der Waals surface area contributed by atoms with Gasteiger partial charge in [-0.05, 0) is 145 Å².